The van der Waals surface area contributed by atoms with Gasteiger partial charge in [0.05, 0.1) is 12.1 Å². The van der Waals surface area contributed by atoms with E-state index in [0.29, 0.717) is 37.4 Å². The number of aromatic amines is 1. The lowest BCUT2D eigenvalue weighted by atomic mass is 10.1. The van der Waals surface area contributed by atoms with E-state index in [2.05, 4.69) is 10.3 Å². The van der Waals surface area contributed by atoms with Crippen LogP contribution in [0.3, 0.4) is 0 Å². The Bertz CT molecular complexity index is 1080. The number of amides is 2. The number of rotatable bonds is 5. The number of Topliss-reactive ketones (excluding diaryl/α,β-unsaturated/α-hetero) is 1. The lowest BCUT2D eigenvalue weighted by Gasteiger charge is -2.33. The third-order valence-corrected chi connectivity index (χ3v) is 5.40. The monoisotopic (exact) mass is 404 g/mol. The molecule has 154 valence electrons. The zero-order chi connectivity index (χ0) is 21.1. The van der Waals surface area contributed by atoms with Crippen molar-refractivity contribution in [1.82, 2.24) is 14.8 Å². The first-order chi connectivity index (χ1) is 14.5. The third-order valence-electron chi connectivity index (χ3n) is 5.40. The third kappa shape index (κ3) is 4.11. The number of hydrogen-bond acceptors (Lipinski definition) is 4. The summed E-state index contributed by atoms with van der Waals surface area (Å²) in [6.45, 7) is 4.01. The van der Waals surface area contributed by atoms with Crippen molar-refractivity contribution in [2.75, 3.05) is 38.0 Å². The Balaban J connectivity index is 1.34. The average molecular weight is 404 g/mol. The minimum atomic E-state index is -0.490. The fourth-order valence-electron chi connectivity index (χ4n) is 3.85. The number of anilines is 1. The van der Waals surface area contributed by atoms with Gasteiger partial charge in [0.25, 0.3) is 11.7 Å². The van der Waals surface area contributed by atoms with Gasteiger partial charge in [-0.15, -0.1) is 0 Å². The van der Waals surface area contributed by atoms with Crippen LogP contribution >= 0.6 is 0 Å². The van der Waals surface area contributed by atoms with E-state index in [4.69, 9.17) is 0 Å². The van der Waals surface area contributed by atoms with Crippen molar-refractivity contribution in [2.45, 2.75) is 6.92 Å². The molecule has 0 atom stereocenters. The second-order valence-corrected chi connectivity index (χ2v) is 7.48. The molecule has 7 heteroatoms. The number of aromatic nitrogens is 1. The molecule has 2 aromatic carbocycles. The number of carbonyl (C=O) groups excluding carboxylic acids is 3. The Morgan fingerprint density at radius 1 is 0.933 bits per heavy atom. The standard InChI is InChI=1S/C23H24N4O3/c1-16-21(18-9-5-6-10-19(18)24-16)22(29)23(30)27-13-11-26(12-14-27)15-20(28)25-17-7-3-2-4-8-17/h2-10,24H,11-15H2,1H3,(H,25,28). The lowest BCUT2D eigenvalue weighted by Crippen LogP contribution is -2.52. The maximum atomic E-state index is 12.9. The van der Waals surface area contributed by atoms with Crippen molar-refractivity contribution in [3.05, 3.63) is 65.9 Å². The van der Waals surface area contributed by atoms with Crippen LogP contribution in [-0.2, 0) is 9.59 Å². The summed E-state index contributed by atoms with van der Waals surface area (Å²) >= 11 is 0. The van der Waals surface area contributed by atoms with Crippen LogP contribution in [0.25, 0.3) is 10.9 Å². The Labute approximate surface area is 174 Å². The number of aryl methyl sites for hydroxylation is 1. The molecule has 1 aliphatic heterocycles. The number of nitrogens with one attached hydrogen (secondary N) is 2. The number of benzene rings is 2. The van der Waals surface area contributed by atoms with Gasteiger partial charge in [-0.3, -0.25) is 19.3 Å². The summed E-state index contributed by atoms with van der Waals surface area (Å²) in [5, 5.41) is 3.63. The van der Waals surface area contributed by atoms with Crippen LogP contribution < -0.4 is 5.32 Å². The van der Waals surface area contributed by atoms with E-state index in [1.165, 1.54) is 0 Å². The highest BCUT2D eigenvalue weighted by atomic mass is 16.2. The highest BCUT2D eigenvalue weighted by molar-refractivity contribution is 6.45. The van der Waals surface area contributed by atoms with Gasteiger partial charge in [-0.05, 0) is 25.1 Å². The van der Waals surface area contributed by atoms with Gasteiger partial charge < -0.3 is 15.2 Å². The fraction of sp³-hybridized carbons (Fsp3) is 0.261. The number of fused-ring (bicyclic) bond motifs is 1. The predicted molar refractivity (Wildman–Crippen MR) is 115 cm³/mol. The SMILES string of the molecule is Cc1[nH]c2ccccc2c1C(=O)C(=O)N1CCN(CC(=O)Nc2ccccc2)CC1. The Kier molecular flexibility index (Phi) is 5.63. The van der Waals surface area contributed by atoms with Gasteiger partial charge in [0.1, 0.15) is 0 Å². The van der Waals surface area contributed by atoms with Gasteiger partial charge in [-0.2, -0.15) is 0 Å². The molecule has 0 spiro atoms. The first-order valence-corrected chi connectivity index (χ1v) is 10.0. The summed E-state index contributed by atoms with van der Waals surface area (Å²) in [5.74, 6) is -1.07. The van der Waals surface area contributed by atoms with Crippen LogP contribution in [0, 0.1) is 6.92 Å². The van der Waals surface area contributed by atoms with E-state index in [1.807, 2.05) is 66.4 Å². The normalized spacial score (nSPS) is 14.6. The number of carbonyl (C=O) groups is 3. The van der Waals surface area contributed by atoms with Crippen molar-refractivity contribution in [3.8, 4) is 0 Å². The van der Waals surface area contributed by atoms with E-state index in [9.17, 15) is 14.4 Å². The molecule has 7 nitrogen and oxygen atoms in total. The number of H-pyrrole nitrogens is 1. The van der Waals surface area contributed by atoms with E-state index >= 15 is 0 Å². The summed E-state index contributed by atoms with van der Waals surface area (Å²) in [5.41, 5.74) is 2.75. The van der Waals surface area contributed by atoms with E-state index in [-0.39, 0.29) is 12.5 Å². The van der Waals surface area contributed by atoms with Gasteiger partial charge in [-0.25, -0.2) is 0 Å². The smallest absolute Gasteiger partial charge is 0.295 e. The van der Waals surface area contributed by atoms with E-state index < -0.39 is 11.7 Å². The molecule has 0 unspecified atom stereocenters. The summed E-state index contributed by atoms with van der Waals surface area (Å²) in [6, 6.07) is 16.8. The van der Waals surface area contributed by atoms with Crippen molar-refractivity contribution in [3.63, 3.8) is 0 Å². The zero-order valence-electron chi connectivity index (χ0n) is 16.9. The quantitative estimate of drug-likeness (QED) is 0.505. The molecule has 2 amide bonds. The molecule has 0 aliphatic carbocycles. The lowest BCUT2D eigenvalue weighted by molar-refractivity contribution is -0.128. The second-order valence-electron chi connectivity index (χ2n) is 7.48. The number of ketones is 1. The number of hydrogen-bond donors (Lipinski definition) is 2. The van der Waals surface area contributed by atoms with Crippen molar-refractivity contribution in [1.29, 1.82) is 0 Å². The molecule has 1 saturated heterocycles. The van der Waals surface area contributed by atoms with Crippen LogP contribution in [0.5, 0.6) is 0 Å². The van der Waals surface area contributed by atoms with Crippen molar-refractivity contribution >= 4 is 34.2 Å². The van der Waals surface area contributed by atoms with Crippen LogP contribution in [0.2, 0.25) is 0 Å². The molecular formula is C23H24N4O3. The molecule has 2 heterocycles. The molecule has 1 aliphatic rings. The Hall–Kier alpha value is -3.45. The van der Waals surface area contributed by atoms with Gasteiger partial charge in [0.2, 0.25) is 5.91 Å². The second kappa shape index (κ2) is 8.51. The largest absolute Gasteiger partial charge is 0.358 e. The molecule has 0 bridgehead atoms. The van der Waals surface area contributed by atoms with Gasteiger partial charge in [0.15, 0.2) is 0 Å². The Morgan fingerprint density at radius 3 is 2.33 bits per heavy atom. The van der Waals surface area contributed by atoms with E-state index in [0.717, 1.165) is 16.6 Å². The molecule has 0 saturated carbocycles. The summed E-state index contributed by atoms with van der Waals surface area (Å²) in [7, 11) is 0. The molecule has 1 aromatic heterocycles. The van der Waals surface area contributed by atoms with Gasteiger partial charge in [0, 0.05) is 48.5 Å². The number of nitrogens with zero attached hydrogens (tertiary/aromatic N) is 2. The van der Waals surface area contributed by atoms with Crippen LogP contribution in [0.4, 0.5) is 5.69 Å². The molecule has 30 heavy (non-hydrogen) atoms. The Morgan fingerprint density at radius 2 is 1.60 bits per heavy atom. The van der Waals surface area contributed by atoms with E-state index in [1.54, 1.807) is 4.90 Å². The first kappa shape index (κ1) is 19.8. The highest BCUT2D eigenvalue weighted by Crippen LogP contribution is 2.23. The molecule has 1 fully saturated rings. The minimum absolute atomic E-state index is 0.0912. The topological polar surface area (TPSA) is 85.5 Å². The molecule has 2 N–H and O–H groups in total. The molecule has 4 rings (SSSR count). The van der Waals surface area contributed by atoms with Crippen LogP contribution in [0.1, 0.15) is 16.1 Å². The summed E-state index contributed by atoms with van der Waals surface area (Å²) in [6.07, 6.45) is 0. The van der Waals surface area contributed by atoms with Gasteiger partial charge in [-0.1, -0.05) is 36.4 Å². The van der Waals surface area contributed by atoms with Crippen molar-refractivity contribution in [2.24, 2.45) is 0 Å². The minimum Gasteiger partial charge on any atom is -0.358 e. The first-order valence-electron chi connectivity index (χ1n) is 10.0. The molecule has 3 aromatic rings. The predicted octanol–water partition coefficient (Wildman–Crippen LogP) is 2.44. The molecule has 0 radical (unpaired) electrons. The van der Waals surface area contributed by atoms with Gasteiger partial charge >= 0.3 is 0 Å². The average Bonchev–Trinajstić information content (AvgIpc) is 3.09. The fourth-order valence-corrected chi connectivity index (χ4v) is 3.85. The van der Waals surface area contributed by atoms with Crippen LogP contribution in [-0.4, -0.2) is 65.1 Å². The maximum absolute atomic E-state index is 12.9. The summed E-state index contributed by atoms with van der Waals surface area (Å²) < 4.78 is 0. The molecular weight excluding hydrogens is 380 g/mol. The van der Waals surface area contributed by atoms with Crippen molar-refractivity contribution < 1.29 is 14.4 Å². The maximum Gasteiger partial charge on any atom is 0.295 e. The summed E-state index contributed by atoms with van der Waals surface area (Å²) in [4.78, 5) is 44.7. The number of para-hydroxylation sites is 2. The van der Waals surface area contributed by atoms with Crippen LogP contribution in [0.15, 0.2) is 54.6 Å². The zero-order valence-corrected chi connectivity index (χ0v) is 16.9. The highest BCUT2D eigenvalue weighted by Gasteiger charge is 2.30. The number of piperazine rings is 1.